The Morgan fingerprint density at radius 2 is 1.30 bits per heavy atom. The van der Waals surface area contributed by atoms with Crippen LogP contribution in [0.15, 0.2) is 0 Å². The summed E-state index contributed by atoms with van der Waals surface area (Å²) in [4.78, 5) is 0. The van der Waals surface area contributed by atoms with Crippen LogP contribution in [0, 0.1) is 0 Å². The van der Waals surface area contributed by atoms with Gasteiger partial charge >= 0.3 is 0 Å². The molecule has 2 heterocycles. The lowest BCUT2D eigenvalue weighted by Crippen LogP contribution is -2.03. The maximum Gasteiger partial charge on any atom is -0.0100 e. The Labute approximate surface area is 65.6 Å². The van der Waals surface area contributed by atoms with Crippen LogP contribution in [0.4, 0.5) is 0 Å². The second-order valence-electron chi connectivity index (χ2n) is 2.86. The van der Waals surface area contributed by atoms with Gasteiger partial charge in [-0.25, -0.2) is 0 Å². The molecule has 2 heteroatoms. The third kappa shape index (κ3) is 1.34. The van der Waals surface area contributed by atoms with Crippen molar-refractivity contribution in [2.45, 2.75) is 25.7 Å². The largest absolute Gasteiger partial charge is 0.100 e. The summed E-state index contributed by atoms with van der Waals surface area (Å²) in [6.45, 7) is 0. The van der Waals surface area contributed by atoms with Gasteiger partial charge in [-0.15, -0.1) is 16.4 Å². The molecule has 0 N–H and O–H groups in total. The molecule has 0 aliphatic carbocycles. The van der Waals surface area contributed by atoms with Gasteiger partial charge < -0.3 is 0 Å². The quantitative estimate of drug-likeness (QED) is 0.531. The third-order valence-electron chi connectivity index (χ3n) is 2.08. The van der Waals surface area contributed by atoms with E-state index in [0.717, 1.165) is 0 Å². The first-order valence-electron chi connectivity index (χ1n) is 4.04. The lowest BCUT2D eigenvalue weighted by Gasteiger charge is -1.98. The van der Waals surface area contributed by atoms with Crippen molar-refractivity contribution >= 4 is 27.0 Å². The fraction of sp³-hybridized carbons (Fsp3) is 0.750. The summed E-state index contributed by atoms with van der Waals surface area (Å²) < 4.78 is 0. The zero-order chi connectivity index (χ0) is 6.81. The van der Waals surface area contributed by atoms with Crippen LogP contribution in [-0.2, 0) is 0 Å². The predicted octanol–water partition coefficient (Wildman–Crippen LogP) is 2.81. The molecule has 54 valence electrons. The lowest BCUT2D eigenvalue weighted by molar-refractivity contribution is 1.02. The Bertz CT molecular complexity index is 169. The molecule has 0 spiro atoms. The minimum absolute atomic E-state index is 1.42. The van der Waals surface area contributed by atoms with E-state index in [0.29, 0.717) is 0 Å². The molecule has 0 unspecified atom stereocenters. The second kappa shape index (κ2) is 3.16. The van der Waals surface area contributed by atoms with Crippen LogP contribution in [-0.4, -0.2) is 22.9 Å². The van der Waals surface area contributed by atoms with E-state index in [-0.39, 0.29) is 0 Å². The van der Waals surface area contributed by atoms with Crippen LogP contribution in [0.3, 0.4) is 0 Å². The van der Waals surface area contributed by atoms with Crippen molar-refractivity contribution in [2.75, 3.05) is 12.3 Å². The van der Waals surface area contributed by atoms with E-state index in [2.05, 4.69) is 0 Å². The molecule has 0 aromatic rings. The Morgan fingerprint density at radius 3 is 1.60 bits per heavy atom. The maximum atomic E-state index is 1.80. The highest BCUT2D eigenvalue weighted by Gasteiger charge is 2.13. The van der Waals surface area contributed by atoms with Crippen molar-refractivity contribution in [3.8, 4) is 0 Å². The van der Waals surface area contributed by atoms with E-state index in [1.807, 2.05) is 0 Å². The second-order valence-corrected chi connectivity index (χ2v) is 5.47. The molecule has 0 saturated heterocycles. The zero-order valence-electron chi connectivity index (χ0n) is 6.14. The van der Waals surface area contributed by atoms with Gasteiger partial charge in [-0.3, -0.25) is 0 Å². The summed E-state index contributed by atoms with van der Waals surface area (Å²) in [5, 5.41) is 3.61. The molecule has 2 aliphatic rings. The van der Waals surface area contributed by atoms with E-state index in [1.165, 1.54) is 38.0 Å². The fourth-order valence-electron chi connectivity index (χ4n) is 1.55. The average molecular weight is 170 g/mol. The molecule has 0 atom stereocenters. The molecule has 0 amide bonds. The number of hydrogen-bond donors (Lipinski definition) is 0. The molecule has 0 radical (unpaired) electrons. The molecule has 0 aromatic heterocycles. The first-order valence-corrected chi connectivity index (χ1v) is 6.20. The average Bonchev–Trinajstić information content (AvgIpc) is 2.59. The van der Waals surface area contributed by atoms with Gasteiger partial charge in [-0.2, -0.15) is 0 Å². The van der Waals surface area contributed by atoms with Crippen LogP contribution in [0.25, 0.3) is 0 Å². The molecule has 10 heavy (non-hydrogen) atoms. The van der Waals surface area contributed by atoms with Crippen LogP contribution in [0.5, 0.6) is 0 Å². The first-order chi connectivity index (χ1) is 4.97. The van der Waals surface area contributed by atoms with Crippen molar-refractivity contribution in [1.29, 1.82) is 0 Å². The highest BCUT2D eigenvalue weighted by molar-refractivity contribution is 7.53. The highest BCUT2D eigenvalue weighted by atomic mass is 31.1. The summed E-state index contributed by atoms with van der Waals surface area (Å²) in [6, 6.07) is 0. The molecule has 0 bridgehead atoms. The zero-order valence-corrected chi connectivity index (χ0v) is 7.93. The summed E-state index contributed by atoms with van der Waals surface area (Å²) >= 11 is 0. The monoisotopic (exact) mass is 170 g/mol. The molecular formula is C8H12P2. The van der Waals surface area contributed by atoms with Crippen LogP contribution in [0.2, 0.25) is 0 Å². The van der Waals surface area contributed by atoms with Gasteiger partial charge in [0.05, 0.1) is 0 Å². The van der Waals surface area contributed by atoms with E-state index in [1.54, 1.807) is 27.0 Å². The van der Waals surface area contributed by atoms with E-state index in [9.17, 15) is 0 Å². The number of rotatable bonds is 1. The topological polar surface area (TPSA) is 0 Å². The Hall–Kier alpha value is 0.340. The Kier molecular flexibility index (Phi) is 2.22. The Morgan fingerprint density at radius 1 is 0.800 bits per heavy atom. The normalized spacial score (nSPS) is 28.0. The lowest BCUT2D eigenvalue weighted by atomic mass is 10.1. The van der Waals surface area contributed by atoms with Crippen LogP contribution in [0.1, 0.15) is 25.7 Å². The molecular weight excluding hydrogens is 158 g/mol. The first kappa shape index (κ1) is 7.01. The van der Waals surface area contributed by atoms with E-state index < -0.39 is 0 Å². The summed E-state index contributed by atoms with van der Waals surface area (Å²) in [5.74, 6) is 0. The van der Waals surface area contributed by atoms with Gasteiger partial charge in [0.2, 0.25) is 0 Å². The van der Waals surface area contributed by atoms with E-state index >= 15 is 0 Å². The summed E-state index contributed by atoms with van der Waals surface area (Å²) in [5.41, 5.74) is 0. The minimum Gasteiger partial charge on any atom is -0.100 e. The van der Waals surface area contributed by atoms with Crippen molar-refractivity contribution in [3.63, 3.8) is 0 Å². The van der Waals surface area contributed by atoms with Gasteiger partial charge in [0.1, 0.15) is 0 Å². The SMILES string of the molecule is C1CP=C(C2=PCCC2)C1. The minimum atomic E-state index is 1.42. The van der Waals surface area contributed by atoms with Crippen LogP contribution < -0.4 is 0 Å². The van der Waals surface area contributed by atoms with E-state index in [4.69, 9.17) is 0 Å². The van der Waals surface area contributed by atoms with Gasteiger partial charge in [-0.1, -0.05) is 0 Å². The van der Waals surface area contributed by atoms with Gasteiger partial charge in [0.25, 0.3) is 0 Å². The predicted molar refractivity (Wildman–Crippen MR) is 52.1 cm³/mol. The number of hydrogen-bond acceptors (Lipinski definition) is 0. The van der Waals surface area contributed by atoms with Gasteiger partial charge in [-0.05, 0) is 48.6 Å². The summed E-state index contributed by atoms with van der Waals surface area (Å²) in [7, 11) is 3.32. The molecule has 2 aliphatic heterocycles. The fourth-order valence-corrected chi connectivity index (χ4v) is 4.37. The molecule has 2 rings (SSSR count). The molecule has 0 saturated carbocycles. The van der Waals surface area contributed by atoms with Gasteiger partial charge in [0.15, 0.2) is 0 Å². The highest BCUT2D eigenvalue weighted by Crippen LogP contribution is 2.26. The third-order valence-corrected chi connectivity index (χ3v) is 5.09. The molecule has 0 nitrogen and oxygen atoms in total. The van der Waals surface area contributed by atoms with Crippen LogP contribution >= 0.6 is 16.4 Å². The van der Waals surface area contributed by atoms with Crippen molar-refractivity contribution in [1.82, 2.24) is 0 Å². The van der Waals surface area contributed by atoms with Crippen molar-refractivity contribution < 1.29 is 0 Å². The molecule has 0 aromatic carbocycles. The summed E-state index contributed by atoms with van der Waals surface area (Å²) in [6.07, 6.45) is 8.63. The standard InChI is InChI=1S/C8H12P2/c1-3-7(9-5-1)8-4-2-6-10-8/h1-6H2. The van der Waals surface area contributed by atoms with Crippen molar-refractivity contribution in [2.24, 2.45) is 0 Å². The van der Waals surface area contributed by atoms with Gasteiger partial charge in [0, 0.05) is 0 Å². The van der Waals surface area contributed by atoms with Crippen molar-refractivity contribution in [3.05, 3.63) is 0 Å². The smallest absolute Gasteiger partial charge is 0.0100 e. The maximum absolute atomic E-state index is 1.80. The molecule has 0 fully saturated rings. The Balaban J connectivity index is 2.10.